The normalized spacial score (nSPS) is 13.2. The van der Waals surface area contributed by atoms with Crippen LogP contribution in [0.3, 0.4) is 0 Å². The van der Waals surface area contributed by atoms with Gasteiger partial charge in [-0.05, 0) is 41.8 Å². The molecule has 2 N–H and O–H groups in total. The Hall–Kier alpha value is -2.57. The van der Waals surface area contributed by atoms with Gasteiger partial charge in [-0.15, -0.1) is 11.3 Å². The van der Waals surface area contributed by atoms with Crippen LogP contribution in [0.2, 0.25) is 0 Å². The van der Waals surface area contributed by atoms with Crippen LogP contribution in [0.1, 0.15) is 21.0 Å². The minimum absolute atomic E-state index is 0.00291. The third kappa shape index (κ3) is 3.20. The first-order valence-electron chi connectivity index (χ1n) is 7.36. The molecule has 0 saturated heterocycles. The monoisotopic (exact) mass is 343 g/mol. The Balaban J connectivity index is 1.80. The molecular formula is C18H17NO4S. The van der Waals surface area contributed by atoms with Crippen LogP contribution in [-0.4, -0.2) is 24.7 Å². The lowest BCUT2D eigenvalue weighted by atomic mass is 9.98. The van der Waals surface area contributed by atoms with Crippen LogP contribution in [0, 0.1) is 0 Å². The number of amides is 1. The fourth-order valence-corrected chi connectivity index (χ4v) is 3.23. The summed E-state index contributed by atoms with van der Waals surface area (Å²) in [6.07, 6.45) is 1.50. The standard InChI is InChI=1S/C18H17NO4S/c1-22-14-6-2-5-13(11-14)17(20)19-12-18(21,15-7-3-9-23-15)16-8-4-10-24-16/h2-11,21H,12H2,1H3,(H,19,20). The van der Waals surface area contributed by atoms with Crippen LogP contribution in [-0.2, 0) is 5.60 Å². The Morgan fingerprint density at radius 3 is 2.83 bits per heavy atom. The number of hydrogen-bond acceptors (Lipinski definition) is 5. The molecule has 3 aromatic rings. The summed E-state index contributed by atoms with van der Waals surface area (Å²) in [7, 11) is 1.55. The number of nitrogens with one attached hydrogen (secondary N) is 1. The maximum absolute atomic E-state index is 12.4. The molecule has 0 aliphatic heterocycles. The van der Waals surface area contributed by atoms with Crippen molar-refractivity contribution in [2.75, 3.05) is 13.7 Å². The summed E-state index contributed by atoms with van der Waals surface area (Å²) >= 11 is 1.40. The molecule has 0 bridgehead atoms. The molecule has 0 saturated carbocycles. The summed E-state index contributed by atoms with van der Waals surface area (Å²) in [5.41, 5.74) is -0.950. The summed E-state index contributed by atoms with van der Waals surface area (Å²) in [4.78, 5) is 13.1. The lowest BCUT2D eigenvalue weighted by molar-refractivity contribution is 0.0554. The van der Waals surface area contributed by atoms with Crippen LogP contribution in [0.15, 0.2) is 64.6 Å². The predicted molar refractivity (Wildman–Crippen MR) is 91.4 cm³/mol. The van der Waals surface area contributed by atoms with E-state index in [0.29, 0.717) is 22.0 Å². The SMILES string of the molecule is COc1cccc(C(=O)NCC(O)(c2ccco2)c2cccs2)c1. The van der Waals surface area contributed by atoms with E-state index in [2.05, 4.69) is 5.32 Å². The molecule has 1 atom stereocenters. The van der Waals surface area contributed by atoms with Crippen LogP contribution >= 0.6 is 11.3 Å². The summed E-state index contributed by atoms with van der Waals surface area (Å²) in [5, 5.41) is 15.7. The topological polar surface area (TPSA) is 71.7 Å². The van der Waals surface area contributed by atoms with E-state index in [1.807, 2.05) is 17.5 Å². The molecule has 0 aliphatic carbocycles. The Morgan fingerprint density at radius 1 is 1.29 bits per heavy atom. The maximum Gasteiger partial charge on any atom is 0.251 e. The zero-order valence-electron chi connectivity index (χ0n) is 13.1. The van der Waals surface area contributed by atoms with Crippen LogP contribution in [0.25, 0.3) is 0 Å². The third-order valence-corrected chi connectivity index (χ3v) is 4.72. The van der Waals surface area contributed by atoms with Gasteiger partial charge in [-0.1, -0.05) is 12.1 Å². The average Bonchev–Trinajstić information content (AvgIpc) is 3.33. The number of benzene rings is 1. The molecule has 0 radical (unpaired) electrons. The molecule has 0 spiro atoms. The van der Waals surface area contributed by atoms with Gasteiger partial charge in [0, 0.05) is 10.4 Å². The molecule has 2 aromatic heterocycles. The molecule has 24 heavy (non-hydrogen) atoms. The van der Waals surface area contributed by atoms with Gasteiger partial charge in [-0.2, -0.15) is 0 Å². The second-order valence-corrected chi connectivity index (χ2v) is 6.18. The van der Waals surface area contributed by atoms with E-state index in [0.717, 1.165) is 0 Å². The zero-order chi connectivity index (χ0) is 17.0. The average molecular weight is 343 g/mol. The second kappa shape index (κ2) is 6.90. The molecule has 6 heteroatoms. The Labute approximate surface area is 143 Å². The summed E-state index contributed by atoms with van der Waals surface area (Å²) in [5.74, 6) is 0.688. The molecule has 124 valence electrons. The van der Waals surface area contributed by atoms with Gasteiger partial charge in [-0.25, -0.2) is 0 Å². The molecule has 0 aliphatic rings. The van der Waals surface area contributed by atoms with E-state index in [9.17, 15) is 9.90 Å². The van der Waals surface area contributed by atoms with Gasteiger partial charge < -0.3 is 19.6 Å². The number of rotatable bonds is 6. The van der Waals surface area contributed by atoms with E-state index >= 15 is 0 Å². The van der Waals surface area contributed by atoms with Gasteiger partial charge in [-0.3, -0.25) is 4.79 Å². The Kier molecular flexibility index (Phi) is 4.69. The molecule has 1 unspecified atom stereocenters. The van der Waals surface area contributed by atoms with Crippen molar-refractivity contribution >= 4 is 17.2 Å². The molecule has 1 amide bonds. The summed E-state index contributed by atoms with van der Waals surface area (Å²) in [6, 6.07) is 13.9. The van der Waals surface area contributed by atoms with Crippen molar-refractivity contribution in [1.29, 1.82) is 0 Å². The Bertz CT molecular complexity index is 762. The van der Waals surface area contributed by atoms with Crippen molar-refractivity contribution < 1.29 is 19.1 Å². The van der Waals surface area contributed by atoms with Gasteiger partial charge in [0.2, 0.25) is 0 Å². The number of methoxy groups -OCH3 is 1. The predicted octanol–water partition coefficient (Wildman–Crippen LogP) is 3.02. The number of hydrogen-bond donors (Lipinski definition) is 2. The van der Waals surface area contributed by atoms with Gasteiger partial charge in [0.1, 0.15) is 11.5 Å². The van der Waals surface area contributed by atoms with Crippen LogP contribution in [0.5, 0.6) is 5.75 Å². The van der Waals surface area contributed by atoms with Crippen LogP contribution in [0.4, 0.5) is 0 Å². The first-order valence-corrected chi connectivity index (χ1v) is 8.24. The highest BCUT2D eigenvalue weighted by Gasteiger charge is 2.36. The van der Waals surface area contributed by atoms with Crippen molar-refractivity contribution in [1.82, 2.24) is 5.32 Å². The van der Waals surface area contributed by atoms with Crippen molar-refractivity contribution in [3.63, 3.8) is 0 Å². The molecule has 5 nitrogen and oxygen atoms in total. The fraction of sp³-hybridized carbons (Fsp3) is 0.167. The van der Waals surface area contributed by atoms with Crippen molar-refractivity contribution in [2.45, 2.75) is 5.60 Å². The number of thiophene rings is 1. The van der Waals surface area contributed by atoms with Gasteiger partial charge in [0.15, 0.2) is 5.60 Å². The number of furan rings is 1. The minimum atomic E-state index is -1.41. The highest BCUT2D eigenvalue weighted by molar-refractivity contribution is 7.10. The smallest absolute Gasteiger partial charge is 0.251 e. The van der Waals surface area contributed by atoms with E-state index in [1.54, 1.807) is 43.5 Å². The van der Waals surface area contributed by atoms with Gasteiger partial charge >= 0.3 is 0 Å². The van der Waals surface area contributed by atoms with Crippen LogP contribution < -0.4 is 10.1 Å². The first kappa shape index (κ1) is 16.3. The highest BCUT2D eigenvalue weighted by Crippen LogP contribution is 2.32. The molecule has 3 rings (SSSR count). The number of aliphatic hydroxyl groups is 1. The van der Waals surface area contributed by atoms with Crippen molar-refractivity contribution in [3.05, 3.63) is 76.4 Å². The number of carbonyl (C=O) groups excluding carboxylic acids is 1. The second-order valence-electron chi connectivity index (χ2n) is 5.23. The largest absolute Gasteiger partial charge is 0.497 e. The summed E-state index contributed by atoms with van der Waals surface area (Å²) in [6.45, 7) is -0.00291. The minimum Gasteiger partial charge on any atom is -0.497 e. The fourth-order valence-electron chi connectivity index (χ4n) is 2.40. The lowest BCUT2D eigenvalue weighted by Crippen LogP contribution is -2.41. The number of carbonyl (C=O) groups is 1. The Morgan fingerprint density at radius 2 is 2.17 bits per heavy atom. The molecule has 1 aromatic carbocycles. The van der Waals surface area contributed by atoms with Gasteiger partial charge in [0.25, 0.3) is 5.91 Å². The maximum atomic E-state index is 12.4. The van der Waals surface area contributed by atoms with E-state index in [1.165, 1.54) is 17.6 Å². The quantitative estimate of drug-likeness (QED) is 0.722. The molecule has 0 fully saturated rings. The van der Waals surface area contributed by atoms with E-state index in [-0.39, 0.29) is 12.5 Å². The third-order valence-electron chi connectivity index (χ3n) is 3.69. The van der Waals surface area contributed by atoms with Crippen molar-refractivity contribution in [3.8, 4) is 5.75 Å². The number of ether oxygens (including phenoxy) is 1. The zero-order valence-corrected chi connectivity index (χ0v) is 13.9. The van der Waals surface area contributed by atoms with E-state index < -0.39 is 5.60 Å². The van der Waals surface area contributed by atoms with Crippen molar-refractivity contribution in [2.24, 2.45) is 0 Å². The highest BCUT2D eigenvalue weighted by atomic mass is 32.1. The lowest BCUT2D eigenvalue weighted by Gasteiger charge is -2.25. The molecule has 2 heterocycles. The molecular weight excluding hydrogens is 326 g/mol. The first-order chi connectivity index (χ1) is 11.6. The summed E-state index contributed by atoms with van der Waals surface area (Å²) < 4.78 is 10.5. The van der Waals surface area contributed by atoms with Gasteiger partial charge in [0.05, 0.1) is 19.9 Å². The van der Waals surface area contributed by atoms with E-state index in [4.69, 9.17) is 9.15 Å².